The van der Waals surface area contributed by atoms with Gasteiger partial charge in [-0.25, -0.2) is 0 Å². The summed E-state index contributed by atoms with van der Waals surface area (Å²) in [5.74, 6) is 0. The molecular formula is CH3Cl3Zr-. The van der Waals surface area contributed by atoms with Crippen molar-refractivity contribution in [1.29, 1.82) is 0 Å². The predicted octanol–water partition coefficient (Wildman–Crippen LogP) is 2.52. The molecule has 4 heteroatoms. The maximum absolute atomic E-state index is 5.00. The van der Waals surface area contributed by atoms with Crippen molar-refractivity contribution in [2.24, 2.45) is 0 Å². The molecule has 5 heavy (non-hydrogen) atoms. The second-order valence-electron chi connectivity index (χ2n) is 0.214. The molecule has 0 heterocycles. The van der Waals surface area contributed by atoms with Gasteiger partial charge in [0.05, 0.1) is 0 Å². The molecule has 0 N–H and O–H groups in total. The summed E-state index contributed by atoms with van der Waals surface area (Å²) in [4.78, 5) is 0. The molecule has 0 saturated carbocycles. The molecule has 0 aliphatic rings. The molecule has 0 aromatic carbocycles. The zero-order chi connectivity index (χ0) is 3.58. The molecule has 0 unspecified atom stereocenters. The second kappa shape index (κ2) is 5.75. The van der Waals surface area contributed by atoms with Crippen LogP contribution >= 0.6 is 25.5 Å². The quantitative estimate of drug-likeness (QED) is 0.542. The van der Waals surface area contributed by atoms with Crippen molar-refractivity contribution in [3.63, 3.8) is 0 Å². The molecule has 0 spiro atoms. The first-order valence-corrected chi connectivity index (χ1v) is 10.1. The molecule has 0 amide bonds. The Kier molecular flexibility index (Phi) is 11.4. The Hall–Kier alpha value is 1.75. The third-order valence-corrected chi connectivity index (χ3v) is 0. The van der Waals surface area contributed by atoms with Crippen molar-refractivity contribution >= 4 is 25.5 Å². The Bertz CT molecular complexity index is 11.6. The minimum absolute atomic E-state index is 0. The van der Waals surface area contributed by atoms with Crippen LogP contribution in [0.2, 0.25) is 0 Å². The van der Waals surface area contributed by atoms with Crippen molar-refractivity contribution < 1.29 is 18.2 Å². The topological polar surface area (TPSA) is 0 Å². The van der Waals surface area contributed by atoms with Crippen LogP contribution in [0.5, 0.6) is 0 Å². The molecule has 0 bridgehead atoms. The average Bonchev–Trinajstić information content (AvgIpc) is 0.811. The van der Waals surface area contributed by atoms with Gasteiger partial charge < -0.3 is 7.43 Å². The second-order valence-corrected chi connectivity index (χ2v) is 11.4. The number of rotatable bonds is 0. The molecule has 0 atom stereocenters. The molecule has 0 aliphatic heterocycles. The average molecular weight is 213 g/mol. The van der Waals surface area contributed by atoms with Gasteiger partial charge in [-0.1, -0.05) is 0 Å². The van der Waals surface area contributed by atoms with Gasteiger partial charge in [0.2, 0.25) is 0 Å². The summed E-state index contributed by atoms with van der Waals surface area (Å²) in [5.41, 5.74) is 0. The summed E-state index contributed by atoms with van der Waals surface area (Å²) in [5, 5.41) is 0. The Balaban J connectivity index is 0. The van der Waals surface area contributed by atoms with E-state index < -0.39 is 18.2 Å². The first kappa shape index (κ1) is 9.89. The first-order chi connectivity index (χ1) is 1.73. The minimum atomic E-state index is -2.13. The van der Waals surface area contributed by atoms with Gasteiger partial charge in [0.25, 0.3) is 0 Å². The van der Waals surface area contributed by atoms with E-state index in [0.29, 0.717) is 0 Å². The van der Waals surface area contributed by atoms with Crippen molar-refractivity contribution in [1.82, 2.24) is 0 Å². The van der Waals surface area contributed by atoms with Gasteiger partial charge in [-0.15, -0.1) is 0 Å². The Labute approximate surface area is 50.7 Å². The zero-order valence-corrected chi connectivity index (χ0v) is 7.36. The van der Waals surface area contributed by atoms with Crippen molar-refractivity contribution in [2.75, 3.05) is 0 Å². The van der Waals surface area contributed by atoms with Crippen LogP contribution in [-0.4, -0.2) is 0 Å². The fraction of sp³-hybridized carbons (Fsp3) is 0. The molecule has 0 aromatic heterocycles. The third kappa shape index (κ3) is 26.4. The van der Waals surface area contributed by atoms with E-state index in [-0.39, 0.29) is 7.43 Å². The standard InChI is InChI=1S/CH3.3ClH.Zr/h1H3;3*1H;/q-1;;;;+3/p-3. The SMILES string of the molecule is [CH3-].[Cl][Zr]([Cl])[Cl]. The summed E-state index contributed by atoms with van der Waals surface area (Å²) in [6.07, 6.45) is 0. The van der Waals surface area contributed by atoms with Gasteiger partial charge in [-0.3, -0.25) is 0 Å². The monoisotopic (exact) mass is 210 g/mol. The van der Waals surface area contributed by atoms with Crippen LogP contribution in [0.1, 0.15) is 0 Å². The molecule has 0 aliphatic carbocycles. The molecule has 0 saturated heterocycles. The van der Waals surface area contributed by atoms with Crippen LogP contribution in [0.25, 0.3) is 0 Å². The summed E-state index contributed by atoms with van der Waals surface area (Å²) < 4.78 is 0. The van der Waals surface area contributed by atoms with E-state index in [4.69, 9.17) is 25.5 Å². The normalized spacial score (nSPS) is 5.40. The Morgan fingerprint density at radius 3 is 1.00 bits per heavy atom. The van der Waals surface area contributed by atoms with Crippen LogP contribution in [0.4, 0.5) is 0 Å². The summed E-state index contributed by atoms with van der Waals surface area (Å²) in [6, 6.07) is 0. The van der Waals surface area contributed by atoms with Crippen LogP contribution in [0, 0.1) is 7.43 Å². The van der Waals surface area contributed by atoms with E-state index in [2.05, 4.69) is 0 Å². The van der Waals surface area contributed by atoms with Crippen molar-refractivity contribution in [3.05, 3.63) is 7.43 Å². The fourth-order valence-corrected chi connectivity index (χ4v) is 0. The summed E-state index contributed by atoms with van der Waals surface area (Å²) in [6.45, 7) is 0. The van der Waals surface area contributed by atoms with Crippen LogP contribution in [0.3, 0.4) is 0 Å². The maximum atomic E-state index is 5.00. The van der Waals surface area contributed by atoms with E-state index >= 15 is 0 Å². The molecule has 0 fully saturated rings. The van der Waals surface area contributed by atoms with E-state index in [1.165, 1.54) is 0 Å². The molecule has 0 nitrogen and oxygen atoms in total. The Morgan fingerprint density at radius 1 is 1.00 bits per heavy atom. The van der Waals surface area contributed by atoms with E-state index in [1.54, 1.807) is 0 Å². The summed E-state index contributed by atoms with van der Waals surface area (Å²) in [7, 11) is 15.0. The number of hydrogen-bond acceptors (Lipinski definition) is 0. The molecule has 0 rings (SSSR count). The van der Waals surface area contributed by atoms with Crippen LogP contribution in [0.15, 0.2) is 0 Å². The van der Waals surface area contributed by atoms with E-state index in [9.17, 15) is 0 Å². The Morgan fingerprint density at radius 2 is 1.00 bits per heavy atom. The van der Waals surface area contributed by atoms with Gasteiger partial charge >= 0.3 is 43.7 Å². The van der Waals surface area contributed by atoms with Crippen LogP contribution < -0.4 is 0 Å². The number of halogens is 3. The first-order valence-electron chi connectivity index (χ1n) is 0.567. The van der Waals surface area contributed by atoms with Gasteiger partial charge in [-0.2, -0.15) is 0 Å². The zero-order valence-electron chi connectivity index (χ0n) is 2.63. The van der Waals surface area contributed by atoms with E-state index in [1.807, 2.05) is 0 Å². The molecule has 0 aromatic rings. The molecular weight excluding hydrogens is 210 g/mol. The van der Waals surface area contributed by atoms with Crippen LogP contribution in [-0.2, 0) is 18.2 Å². The third-order valence-electron chi connectivity index (χ3n) is 0. The molecule has 0 radical (unpaired) electrons. The van der Waals surface area contributed by atoms with Gasteiger partial charge in [0.15, 0.2) is 0 Å². The summed E-state index contributed by atoms with van der Waals surface area (Å²) >= 11 is -2.13. The van der Waals surface area contributed by atoms with E-state index in [0.717, 1.165) is 0 Å². The molecule has 33 valence electrons. The van der Waals surface area contributed by atoms with Crippen molar-refractivity contribution in [2.45, 2.75) is 0 Å². The van der Waals surface area contributed by atoms with Gasteiger partial charge in [0, 0.05) is 0 Å². The fourth-order valence-electron chi connectivity index (χ4n) is 0. The van der Waals surface area contributed by atoms with Gasteiger partial charge in [-0.05, 0) is 0 Å². The predicted molar refractivity (Wildman–Crippen MR) is 24.0 cm³/mol. The van der Waals surface area contributed by atoms with Gasteiger partial charge in [0.1, 0.15) is 0 Å². The van der Waals surface area contributed by atoms with Crippen molar-refractivity contribution in [3.8, 4) is 0 Å². The number of hydrogen-bond donors (Lipinski definition) is 0.